The van der Waals surface area contributed by atoms with E-state index in [2.05, 4.69) is 10.6 Å². The Morgan fingerprint density at radius 2 is 1.88 bits per heavy atom. The van der Waals surface area contributed by atoms with E-state index in [0.29, 0.717) is 0 Å². The molecule has 92 valence electrons. The van der Waals surface area contributed by atoms with E-state index < -0.39 is 17.3 Å². The normalized spacial score (nSPS) is 18.1. The molecule has 0 aromatic heterocycles. The number of rotatable bonds is 0. The van der Waals surface area contributed by atoms with Crippen molar-refractivity contribution >= 4 is 17.3 Å². The van der Waals surface area contributed by atoms with Gasteiger partial charge in [0.05, 0.1) is 16.9 Å². The second-order valence-electron chi connectivity index (χ2n) is 4.43. The van der Waals surface area contributed by atoms with Crippen LogP contribution in [0.3, 0.4) is 0 Å². The summed E-state index contributed by atoms with van der Waals surface area (Å²) in [5, 5.41) is 5.09. The molecule has 0 spiro atoms. The number of fused-ring (bicyclic) bond motifs is 1. The molecule has 0 aliphatic carbocycles. The molecule has 1 aromatic rings. The Morgan fingerprint density at radius 1 is 1.24 bits per heavy atom. The summed E-state index contributed by atoms with van der Waals surface area (Å²) >= 11 is 0. The maximum Gasteiger partial charge on any atom is 0.418 e. The van der Waals surface area contributed by atoms with Gasteiger partial charge in [0, 0.05) is 0 Å². The molecule has 1 amide bonds. The molecule has 0 saturated carbocycles. The number of halogens is 3. The lowest BCUT2D eigenvalue weighted by Crippen LogP contribution is -2.48. The highest BCUT2D eigenvalue weighted by Crippen LogP contribution is 2.41. The van der Waals surface area contributed by atoms with Crippen molar-refractivity contribution in [3.8, 4) is 0 Å². The summed E-state index contributed by atoms with van der Waals surface area (Å²) < 4.78 is 38.3. The average molecular weight is 244 g/mol. The molecule has 1 aliphatic rings. The van der Waals surface area contributed by atoms with Crippen LogP contribution in [0.25, 0.3) is 0 Å². The zero-order valence-corrected chi connectivity index (χ0v) is 9.27. The number of carbonyl (C=O) groups excluding carboxylic acids is 1. The predicted molar refractivity (Wildman–Crippen MR) is 57.8 cm³/mol. The van der Waals surface area contributed by atoms with E-state index in [1.165, 1.54) is 26.0 Å². The quantitative estimate of drug-likeness (QED) is 0.736. The number of hydrogen-bond donors (Lipinski definition) is 2. The fraction of sp³-hybridized carbons (Fsp3) is 0.364. The highest BCUT2D eigenvalue weighted by molar-refractivity contribution is 6.06. The second-order valence-corrected chi connectivity index (χ2v) is 4.43. The average Bonchev–Trinajstić information content (AvgIpc) is 2.16. The first-order valence-corrected chi connectivity index (χ1v) is 5.02. The first-order valence-electron chi connectivity index (χ1n) is 5.02. The molecule has 0 radical (unpaired) electrons. The van der Waals surface area contributed by atoms with Gasteiger partial charge in [-0.15, -0.1) is 0 Å². The Hall–Kier alpha value is -1.72. The van der Waals surface area contributed by atoms with Crippen molar-refractivity contribution in [1.82, 2.24) is 0 Å². The topological polar surface area (TPSA) is 41.1 Å². The van der Waals surface area contributed by atoms with Crippen molar-refractivity contribution in [2.75, 3.05) is 10.6 Å². The van der Waals surface area contributed by atoms with Crippen molar-refractivity contribution in [3.05, 3.63) is 23.8 Å². The Bertz CT molecular complexity index is 480. The molecule has 2 N–H and O–H groups in total. The highest BCUT2D eigenvalue weighted by atomic mass is 19.4. The lowest BCUT2D eigenvalue weighted by Gasteiger charge is -2.34. The molecule has 0 bridgehead atoms. The molecule has 6 heteroatoms. The molecular weight excluding hydrogens is 233 g/mol. The number of anilines is 2. The Kier molecular flexibility index (Phi) is 2.34. The predicted octanol–water partition coefficient (Wildman–Crippen LogP) is 2.85. The maximum absolute atomic E-state index is 12.8. The molecular formula is C11H11F3N2O. The molecule has 1 heterocycles. The van der Waals surface area contributed by atoms with Crippen LogP contribution in [0.1, 0.15) is 19.4 Å². The molecule has 0 unspecified atom stereocenters. The van der Waals surface area contributed by atoms with E-state index in [1.54, 1.807) is 0 Å². The van der Waals surface area contributed by atoms with Gasteiger partial charge in [-0.1, -0.05) is 6.07 Å². The number of alkyl halides is 3. The molecule has 17 heavy (non-hydrogen) atoms. The SMILES string of the molecule is CC1(C)Nc2c(cccc2C(F)(F)F)NC1=O. The van der Waals surface area contributed by atoms with E-state index >= 15 is 0 Å². The van der Waals surface area contributed by atoms with Gasteiger partial charge in [0.2, 0.25) is 5.91 Å². The van der Waals surface area contributed by atoms with Gasteiger partial charge >= 0.3 is 6.18 Å². The third-order valence-corrected chi connectivity index (χ3v) is 2.62. The monoisotopic (exact) mass is 244 g/mol. The summed E-state index contributed by atoms with van der Waals surface area (Å²) in [6.45, 7) is 3.05. The van der Waals surface area contributed by atoms with Gasteiger partial charge < -0.3 is 10.6 Å². The zero-order valence-electron chi connectivity index (χ0n) is 9.27. The Balaban J connectivity index is 2.57. The van der Waals surface area contributed by atoms with Crippen LogP contribution in [0.15, 0.2) is 18.2 Å². The second kappa shape index (κ2) is 3.38. The number of amides is 1. The molecule has 3 nitrogen and oxygen atoms in total. The zero-order chi connectivity index (χ0) is 12.8. The van der Waals surface area contributed by atoms with Gasteiger partial charge in [-0.3, -0.25) is 4.79 Å². The van der Waals surface area contributed by atoms with Crippen molar-refractivity contribution in [2.24, 2.45) is 0 Å². The number of para-hydroxylation sites is 1. The largest absolute Gasteiger partial charge is 0.418 e. The lowest BCUT2D eigenvalue weighted by molar-refractivity contribution is -0.137. The summed E-state index contributed by atoms with van der Waals surface area (Å²) in [5.74, 6) is -0.357. The van der Waals surface area contributed by atoms with Crippen LogP contribution in [0, 0.1) is 0 Å². The van der Waals surface area contributed by atoms with E-state index in [9.17, 15) is 18.0 Å². The van der Waals surface area contributed by atoms with Crippen LogP contribution < -0.4 is 10.6 Å². The first kappa shape index (κ1) is 11.8. The fourth-order valence-electron chi connectivity index (χ4n) is 1.68. The van der Waals surface area contributed by atoms with Gasteiger partial charge in [0.15, 0.2) is 0 Å². The van der Waals surface area contributed by atoms with Gasteiger partial charge in [0.1, 0.15) is 5.54 Å². The van der Waals surface area contributed by atoms with E-state index in [1.807, 2.05) is 0 Å². The minimum Gasteiger partial charge on any atom is -0.369 e. The van der Waals surface area contributed by atoms with E-state index in [4.69, 9.17) is 0 Å². The smallest absolute Gasteiger partial charge is 0.369 e. The molecule has 0 saturated heterocycles. The molecule has 1 aliphatic heterocycles. The van der Waals surface area contributed by atoms with Crippen LogP contribution in [0.2, 0.25) is 0 Å². The van der Waals surface area contributed by atoms with Gasteiger partial charge in [-0.2, -0.15) is 13.2 Å². The van der Waals surface area contributed by atoms with Crippen LogP contribution in [0.4, 0.5) is 24.5 Å². The van der Waals surface area contributed by atoms with Crippen molar-refractivity contribution in [3.63, 3.8) is 0 Å². The summed E-state index contributed by atoms with van der Waals surface area (Å²) in [6.07, 6.45) is -4.45. The standard InChI is InChI=1S/C11H11F3N2O/c1-10(2)9(17)15-7-5-3-4-6(8(7)16-10)11(12,13)14/h3-5,16H,1-2H3,(H,15,17). The molecule has 0 atom stereocenters. The van der Waals surface area contributed by atoms with Crippen LogP contribution in [-0.4, -0.2) is 11.4 Å². The minimum atomic E-state index is -4.45. The first-order chi connectivity index (χ1) is 7.72. The highest BCUT2D eigenvalue weighted by Gasteiger charge is 2.40. The summed E-state index contributed by atoms with van der Waals surface area (Å²) in [6, 6.07) is 3.69. The number of nitrogens with one attached hydrogen (secondary N) is 2. The number of hydrogen-bond acceptors (Lipinski definition) is 2. The van der Waals surface area contributed by atoms with Crippen molar-refractivity contribution < 1.29 is 18.0 Å². The van der Waals surface area contributed by atoms with Gasteiger partial charge in [-0.25, -0.2) is 0 Å². The van der Waals surface area contributed by atoms with E-state index in [0.717, 1.165) is 6.07 Å². The van der Waals surface area contributed by atoms with Crippen LogP contribution >= 0.6 is 0 Å². The Labute approximate surface area is 96.0 Å². The van der Waals surface area contributed by atoms with Gasteiger partial charge in [0.25, 0.3) is 0 Å². The van der Waals surface area contributed by atoms with E-state index in [-0.39, 0.29) is 17.3 Å². The van der Waals surface area contributed by atoms with Crippen molar-refractivity contribution in [1.29, 1.82) is 0 Å². The maximum atomic E-state index is 12.8. The lowest BCUT2D eigenvalue weighted by atomic mass is 9.98. The third-order valence-electron chi connectivity index (χ3n) is 2.62. The number of benzene rings is 1. The summed E-state index contributed by atoms with van der Waals surface area (Å²) in [5.41, 5.74) is -1.76. The molecule has 1 aromatic carbocycles. The molecule has 2 rings (SSSR count). The van der Waals surface area contributed by atoms with Crippen LogP contribution in [-0.2, 0) is 11.0 Å². The minimum absolute atomic E-state index is 0.0791. The third kappa shape index (κ3) is 1.94. The number of carbonyl (C=O) groups is 1. The summed E-state index contributed by atoms with van der Waals surface area (Å²) in [7, 11) is 0. The Morgan fingerprint density at radius 3 is 2.47 bits per heavy atom. The van der Waals surface area contributed by atoms with Crippen LogP contribution in [0.5, 0.6) is 0 Å². The fourth-order valence-corrected chi connectivity index (χ4v) is 1.68. The van der Waals surface area contributed by atoms with Crippen molar-refractivity contribution in [2.45, 2.75) is 25.6 Å². The summed E-state index contributed by atoms with van der Waals surface area (Å²) in [4.78, 5) is 11.6. The molecule has 0 fully saturated rings. The van der Waals surface area contributed by atoms with Gasteiger partial charge in [-0.05, 0) is 26.0 Å².